The van der Waals surface area contributed by atoms with Gasteiger partial charge in [-0.1, -0.05) is 64.4 Å². The van der Waals surface area contributed by atoms with Gasteiger partial charge in [-0.2, -0.15) is 0 Å². The van der Waals surface area contributed by atoms with E-state index >= 15 is 0 Å². The average molecular weight is 498 g/mol. The van der Waals surface area contributed by atoms with Crippen molar-refractivity contribution in [3.63, 3.8) is 0 Å². The van der Waals surface area contributed by atoms with Crippen LogP contribution in [0.15, 0.2) is 29.4 Å². The van der Waals surface area contributed by atoms with Crippen molar-refractivity contribution in [2.75, 3.05) is 0 Å². The van der Waals surface area contributed by atoms with Gasteiger partial charge in [-0.3, -0.25) is 0 Å². The van der Waals surface area contributed by atoms with Crippen LogP contribution in [0, 0.1) is 0 Å². The molecule has 0 aromatic carbocycles. The second kappa shape index (κ2) is 13.3. The summed E-state index contributed by atoms with van der Waals surface area (Å²) in [4.78, 5) is 1.52. The van der Waals surface area contributed by atoms with Gasteiger partial charge in [0.05, 0.1) is 0 Å². The molecule has 0 unspecified atom stereocenters. The first-order chi connectivity index (χ1) is 11.8. The summed E-state index contributed by atoms with van der Waals surface area (Å²) in [5.74, 6) is 2.70. The number of thiophene rings is 1. The molecule has 1 heterocycles. The second-order valence-electron chi connectivity index (χ2n) is 6.74. The van der Waals surface area contributed by atoms with Gasteiger partial charge in [0, 0.05) is 11.3 Å². The van der Waals surface area contributed by atoms with E-state index in [2.05, 4.69) is 29.4 Å². The van der Waals surface area contributed by atoms with Crippen molar-refractivity contribution >= 4 is 38.3 Å². The normalized spacial score (nSPS) is 20.5. The molecule has 0 bridgehead atoms. The average Bonchev–Trinajstić information content (AvgIpc) is 3.14. The van der Waals surface area contributed by atoms with Gasteiger partial charge in [-0.15, -0.1) is 11.3 Å². The summed E-state index contributed by atoms with van der Waals surface area (Å²) >= 11 is 1.80. The molecule has 1 aromatic heterocycles. The van der Waals surface area contributed by atoms with E-state index in [1.54, 1.807) is 0 Å². The van der Waals surface area contributed by atoms with E-state index in [9.17, 15) is 0 Å². The Morgan fingerprint density at radius 3 is 2.00 bits per heavy atom. The van der Waals surface area contributed by atoms with Crippen LogP contribution in [-0.2, 0) is 22.4 Å². The fourth-order valence-electron chi connectivity index (χ4n) is 4.02. The van der Waals surface area contributed by atoms with Gasteiger partial charge >= 0.3 is 35.0 Å². The molecule has 1 aromatic rings. The molecule has 0 aliphatic heterocycles. The molecule has 24 heavy (non-hydrogen) atoms. The van der Waals surface area contributed by atoms with E-state index in [0.717, 1.165) is 17.7 Å². The van der Waals surface area contributed by atoms with E-state index in [0.29, 0.717) is 0 Å². The Morgan fingerprint density at radius 1 is 1.00 bits per heavy atom. The molecule has 3 rings (SSSR count). The summed E-state index contributed by atoms with van der Waals surface area (Å²) in [6.45, 7) is 0. The molecule has 0 nitrogen and oxygen atoms in total. The monoisotopic (exact) mass is 496 g/mol. The topological polar surface area (TPSA) is 0 Å². The Balaban J connectivity index is 0.000000647. The summed E-state index contributed by atoms with van der Waals surface area (Å²) in [5.41, 5.74) is 2.10. The van der Waals surface area contributed by atoms with Crippen molar-refractivity contribution in [3.05, 3.63) is 34.3 Å². The Morgan fingerprint density at radius 2 is 1.54 bits per heavy atom. The van der Waals surface area contributed by atoms with Gasteiger partial charge in [0.1, 0.15) is 0 Å². The van der Waals surface area contributed by atoms with Crippen LogP contribution in [0.2, 0.25) is 0 Å². The van der Waals surface area contributed by atoms with Crippen LogP contribution in [0.1, 0.15) is 69.1 Å². The Hall–Kier alpha value is 1.11. The molecule has 2 aliphatic rings. The van der Waals surface area contributed by atoms with Crippen molar-refractivity contribution in [1.29, 1.82) is 0 Å². The van der Waals surface area contributed by atoms with E-state index in [1.165, 1.54) is 69.1 Å². The molecular formula is C19H29Cl2PPdS. The van der Waals surface area contributed by atoms with E-state index in [1.807, 2.05) is 11.3 Å². The number of hydrogen-bond donors (Lipinski definition) is 0. The third kappa shape index (κ3) is 7.78. The standard InChI is InChI=1S/C19H29PS.2ClH.Pd/c1-3-9-17(10-4-1)20(18-11-5-2-6-12-18)15-7-13-19-14-8-16-21-19;;;/h7-8,14-18H,1-6,9-13H2;2*1H;/q;;;+2/p-2. The predicted octanol–water partition coefficient (Wildman–Crippen LogP) is 8.33. The second-order valence-corrected chi connectivity index (χ2v) is 12.8. The van der Waals surface area contributed by atoms with Crippen LogP contribution in [-0.4, -0.2) is 11.3 Å². The van der Waals surface area contributed by atoms with E-state index in [-0.39, 0.29) is 23.9 Å². The van der Waals surface area contributed by atoms with Gasteiger partial charge in [-0.25, -0.2) is 0 Å². The fourth-order valence-corrected chi connectivity index (χ4v) is 8.06. The fraction of sp³-hybridized carbons (Fsp3) is 0.684. The summed E-state index contributed by atoms with van der Waals surface area (Å²) in [5, 5.41) is 2.20. The Bertz CT molecular complexity index is 422. The molecule has 5 heteroatoms. The summed E-state index contributed by atoms with van der Waals surface area (Å²) in [7, 11) is 9.77. The first kappa shape index (κ1) is 21.4. The van der Waals surface area contributed by atoms with Crippen LogP contribution in [0.5, 0.6) is 0 Å². The quantitative estimate of drug-likeness (QED) is 0.283. The van der Waals surface area contributed by atoms with Gasteiger partial charge in [0.2, 0.25) is 0 Å². The number of rotatable bonds is 5. The maximum absolute atomic E-state index is 4.81. The van der Waals surface area contributed by atoms with E-state index in [4.69, 9.17) is 19.1 Å². The Kier molecular flexibility index (Phi) is 11.9. The number of halogens is 2. The third-order valence-electron chi connectivity index (χ3n) is 5.17. The van der Waals surface area contributed by atoms with Crippen LogP contribution in [0.25, 0.3) is 0 Å². The van der Waals surface area contributed by atoms with Crippen molar-refractivity contribution in [2.45, 2.75) is 81.9 Å². The van der Waals surface area contributed by atoms with Crippen molar-refractivity contribution in [3.8, 4) is 0 Å². The SMILES string of the molecule is C(=CP(C1CCCCC1)C1CCCCC1)Cc1cccs1.[Cl][Pd][Cl]. The van der Waals surface area contributed by atoms with Gasteiger partial charge in [-0.05, 0) is 48.4 Å². The van der Waals surface area contributed by atoms with Crippen molar-refractivity contribution in [1.82, 2.24) is 0 Å². The first-order valence-electron chi connectivity index (χ1n) is 9.14. The maximum atomic E-state index is 4.81. The first-order valence-corrected chi connectivity index (χ1v) is 15.6. The Labute approximate surface area is 169 Å². The van der Waals surface area contributed by atoms with Crippen molar-refractivity contribution in [2.24, 2.45) is 0 Å². The van der Waals surface area contributed by atoms with Crippen molar-refractivity contribution < 1.29 is 15.9 Å². The molecule has 140 valence electrons. The molecule has 0 amide bonds. The molecule has 0 N–H and O–H groups in total. The van der Waals surface area contributed by atoms with Gasteiger partial charge in [0.25, 0.3) is 0 Å². The molecular weight excluding hydrogens is 469 g/mol. The zero-order chi connectivity index (χ0) is 17.0. The molecule has 2 fully saturated rings. The van der Waals surface area contributed by atoms with Crippen LogP contribution < -0.4 is 0 Å². The zero-order valence-corrected chi connectivity index (χ0v) is 19.0. The van der Waals surface area contributed by atoms with Gasteiger partial charge < -0.3 is 0 Å². The molecule has 2 aliphatic carbocycles. The predicted molar refractivity (Wildman–Crippen MR) is 110 cm³/mol. The molecule has 0 saturated heterocycles. The number of hydrogen-bond acceptors (Lipinski definition) is 1. The molecule has 0 radical (unpaired) electrons. The minimum atomic E-state index is -0.106. The zero-order valence-electron chi connectivity index (χ0n) is 14.2. The third-order valence-corrected chi connectivity index (χ3v) is 9.34. The summed E-state index contributed by atoms with van der Waals surface area (Å²) < 4.78 is 0. The summed E-state index contributed by atoms with van der Waals surface area (Å²) in [6, 6.07) is 4.46. The van der Waals surface area contributed by atoms with Crippen LogP contribution in [0.4, 0.5) is 0 Å². The van der Waals surface area contributed by atoms with Crippen LogP contribution in [0.3, 0.4) is 0 Å². The molecule has 2 saturated carbocycles. The van der Waals surface area contributed by atoms with Crippen LogP contribution >= 0.6 is 38.3 Å². The molecule has 0 atom stereocenters. The number of allylic oxidation sites excluding steroid dienone is 1. The minimum absolute atomic E-state index is 0.106. The van der Waals surface area contributed by atoms with Gasteiger partial charge in [0.15, 0.2) is 0 Å². The van der Waals surface area contributed by atoms with E-state index < -0.39 is 0 Å². The molecule has 0 spiro atoms. The summed E-state index contributed by atoms with van der Waals surface area (Å²) in [6.07, 6.45) is 18.7.